The average Bonchev–Trinajstić information content (AvgIpc) is 2.37. The van der Waals surface area contributed by atoms with Crippen LogP contribution in [0.25, 0.3) is 0 Å². The molecule has 0 fully saturated rings. The minimum atomic E-state index is -0.523. The Kier molecular flexibility index (Phi) is 5.29. The molecule has 0 spiro atoms. The highest BCUT2D eigenvalue weighted by Crippen LogP contribution is 2.10. The summed E-state index contributed by atoms with van der Waals surface area (Å²) < 4.78 is 0. The lowest BCUT2D eigenvalue weighted by molar-refractivity contribution is 0.159. The predicted octanol–water partition coefficient (Wildman–Crippen LogP) is 0.789. The van der Waals surface area contributed by atoms with Gasteiger partial charge in [-0.15, -0.1) is 0 Å². The van der Waals surface area contributed by atoms with E-state index in [-0.39, 0.29) is 5.54 Å². The van der Waals surface area contributed by atoms with Crippen LogP contribution in [0.3, 0.4) is 0 Å². The molecule has 0 aliphatic carbocycles. The van der Waals surface area contributed by atoms with Crippen molar-refractivity contribution in [3.8, 4) is 6.07 Å². The van der Waals surface area contributed by atoms with Crippen molar-refractivity contribution in [2.24, 2.45) is 5.73 Å². The molecule has 1 aromatic rings. The molecule has 0 amide bonds. The third-order valence-corrected chi connectivity index (χ3v) is 2.92. The van der Waals surface area contributed by atoms with Crippen LogP contribution in [0.2, 0.25) is 0 Å². The van der Waals surface area contributed by atoms with Gasteiger partial charge in [-0.3, -0.25) is 0 Å². The third kappa shape index (κ3) is 4.46. The Morgan fingerprint density at radius 2 is 2.11 bits per heavy atom. The lowest BCUT2D eigenvalue weighted by Crippen LogP contribution is -2.48. The Labute approximate surface area is 108 Å². The summed E-state index contributed by atoms with van der Waals surface area (Å²) in [6.45, 7) is 4.95. The van der Waals surface area contributed by atoms with Crippen molar-refractivity contribution in [1.82, 2.24) is 5.32 Å². The first kappa shape index (κ1) is 14.7. The van der Waals surface area contributed by atoms with Gasteiger partial charge in [0.1, 0.15) is 0 Å². The lowest BCUT2D eigenvalue weighted by Gasteiger charge is -2.26. The van der Waals surface area contributed by atoms with Gasteiger partial charge in [0.15, 0.2) is 0 Å². The fourth-order valence-electron chi connectivity index (χ4n) is 1.60. The summed E-state index contributed by atoms with van der Waals surface area (Å²) in [5.74, 6) is 0. The van der Waals surface area contributed by atoms with Gasteiger partial charge in [0.25, 0.3) is 0 Å². The molecule has 1 rings (SSSR count). The number of benzene rings is 1. The Balaban J connectivity index is 2.55. The van der Waals surface area contributed by atoms with E-state index in [1.807, 2.05) is 32.0 Å². The molecule has 0 aromatic heterocycles. The Morgan fingerprint density at radius 3 is 2.72 bits per heavy atom. The predicted molar refractivity (Wildman–Crippen MR) is 72.0 cm³/mol. The van der Waals surface area contributed by atoms with Gasteiger partial charge in [0.2, 0.25) is 0 Å². The van der Waals surface area contributed by atoms with Gasteiger partial charge >= 0.3 is 0 Å². The van der Waals surface area contributed by atoms with E-state index in [4.69, 9.17) is 11.0 Å². The molecule has 18 heavy (non-hydrogen) atoms. The first-order chi connectivity index (χ1) is 8.48. The van der Waals surface area contributed by atoms with Crippen LogP contribution in [0.1, 0.15) is 25.0 Å². The molecule has 0 aliphatic rings. The quantitative estimate of drug-likeness (QED) is 0.694. The van der Waals surface area contributed by atoms with E-state index in [1.165, 1.54) is 0 Å². The van der Waals surface area contributed by atoms with Crippen LogP contribution in [-0.4, -0.2) is 29.8 Å². The Hall–Kier alpha value is -1.41. The molecule has 98 valence electrons. The second-order valence-corrected chi connectivity index (χ2v) is 5.10. The number of aliphatic hydroxyl groups excluding tert-OH is 1. The lowest BCUT2D eigenvalue weighted by atomic mass is 10.0. The molecular formula is C14H21N3O. The van der Waals surface area contributed by atoms with E-state index in [0.717, 1.165) is 5.56 Å². The highest BCUT2D eigenvalue weighted by atomic mass is 16.3. The summed E-state index contributed by atoms with van der Waals surface area (Å²) in [6, 6.07) is 9.47. The van der Waals surface area contributed by atoms with Crippen LogP contribution in [0.5, 0.6) is 0 Å². The van der Waals surface area contributed by atoms with E-state index in [2.05, 4.69) is 11.4 Å². The second-order valence-electron chi connectivity index (χ2n) is 5.10. The Morgan fingerprint density at radius 1 is 1.44 bits per heavy atom. The zero-order valence-electron chi connectivity index (χ0n) is 11.0. The highest BCUT2D eigenvalue weighted by Gasteiger charge is 2.17. The number of nitriles is 1. The van der Waals surface area contributed by atoms with Crippen molar-refractivity contribution in [1.29, 1.82) is 5.26 Å². The molecule has 4 heteroatoms. The van der Waals surface area contributed by atoms with Crippen molar-refractivity contribution in [3.63, 3.8) is 0 Å². The molecule has 0 radical (unpaired) electrons. The van der Waals surface area contributed by atoms with Crippen molar-refractivity contribution in [2.75, 3.05) is 13.1 Å². The molecule has 0 unspecified atom stereocenters. The third-order valence-electron chi connectivity index (χ3n) is 2.92. The molecule has 0 saturated heterocycles. The normalized spacial score (nSPS) is 13.1. The van der Waals surface area contributed by atoms with E-state index in [1.54, 1.807) is 6.07 Å². The summed E-state index contributed by atoms with van der Waals surface area (Å²) in [4.78, 5) is 0. The molecule has 1 aromatic carbocycles. The fourth-order valence-corrected chi connectivity index (χ4v) is 1.60. The number of nitrogens with one attached hydrogen (secondary N) is 1. The molecule has 0 bridgehead atoms. The highest BCUT2D eigenvalue weighted by molar-refractivity contribution is 5.37. The summed E-state index contributed by atoms with van der Waals surface area (Å²) >= 11 is 0. The van der Waals surface area contributed by atoms with Gasteiger partial charge < -0.3 is 16.2 Å². The van der Waals surface area contributed by atoms with Gasteiger partial charge in [-0.2, -0.15) is 5.26 Å². The van der Waals surface area contributed by atoms with Crippen LogP contribution in [0.15, 0.2) is 24.3 Å². The molecule has 1 atom stereocenters. The first-order valence-corrected chi connectivity index (χ1v) is 6.09. The van der Waals surface area contributed by atoms with Gasteiger partial charge in [0, 0.05) is 25.0 Å². The molecule has 4 nitrogen and oxygen atoms in total. The summed E-state index contributed by atoms with van der Waals surface area (Å²) in [6.07, 6.45) is -0.0532. The number of aliphatic hydroxyl groups is 1. The van der Waals surface area contributed by atoms with Crippen LogP contribution in [0.4, 0.5) is 0 Å². The molecular weight excluding hydrogens is 226 g/mol. The zero-order valence-corrected chi connectivity index (χ0v) is 11.0. The maximum absolute atomic E-state index is 9.97. The molecule has 0 saturated carbocycles. The van der Waals surface area contributed by atoms with Gasteiger partial charge in [-0.25, -0.2) is 0 Å². The monoisotopic (exact) mass is 247 g/mol. The number of β-amino-alcohol motifs (C(OH)–C–C–N with tert-alkyl or cyclic N) is 1. The van der Waals surface area contributed by atoms with Gasteiger partial charge in [0.05, 0.1) is 17.7 Å². The first-order valence-electron chi connectivity index (χ1n) is 6.09. The zero-order chi connectivity index (χ0) is 13.6. The van der Waals surface area contributed by atoms with E-state index in [9.17, 15) is 5.11 Å². The maximum atomic E-state index is 9.97. The van der Waals surface area contributed by atoms with Crippen LogP contribution in [-0.2, 0) is 6.42 Å². The second kappa shape index (κ2) is 6.50. The fraction of sp³-hybridized carbons (Fsp3) is 0.500. The number of hydrogen-bond acceptors (Lipinski definition) is 4. The number of nitrogens with zero attached hydrogens (tertiary/aromatic N) is 1. The summed E-state index contributed by atoms with van der Waals surface area (Å²) in [7, 11) is 0. The molecule has 0 aliphatic heterocycles. The van der Waals surface area contributed by atoms with Crippen LogP contribution < -0.4 is 11.1 Å². The van der Waals surface area contributed by atoms with Crippen LogP contribution >= 0.6 is 0 Å². The van der Waals surface area contributed by atoms with Crippen molar-refractivity contribution < 1.29 is 5.11 Å². The topological polar surface area (TPSA) is 82.1 Å². The number of nitrogens with two attached hydrogens (primary N) is 1. The molecule has 4 N–H and O–H groups in total. The van der Waals surface area contributed by atoms with Crippen molar-refractivity contribution in [2.45, 2.75) is 31.9 Å². The Bertz CT molecular complexity index is 423. The van der Waals surface area contributed by atoms with Crippen LogP contribution in [0, 0.1) is 11.3 Å². The summed E-state index contributed by atoms with van der Waals surface area (Å²) in [5.41, 5.74) is 6.91. The van der Waals surface area contributed by atoms with Gasteiger partial charge in [-0.05, 0) is 25.5 Å². The number of rotatable bonds is 6. The minimum absolute atomic E-state index is 0.185. The van der Waals surface area contributed by atoms with Crippen molar-refractivity contribution in [3.05, 3.63) is 35.4 Å². The number of hydrogen-bond donors (Lipinski definition) is 3. The smallest absolute Gasteiger partial charge is 0.0994 e. The standard InChI is InChI=1S/C14H21N3O/c1-14(2,10-16)17-9-13(18)7-11-5-3-4-6-12(11)8-15/h3-6,13,17-18H,7,9-10,16H2,1-2H3/t13-/m0/s1. The maximum Gasteiger partial charge on any atom is 0.0994 e. The van der Waals surface area contributed by atoms with E-state index < -0.39 is 6.10 Å². The van der Waals surface area contributed by atoms with E-state index in [0.29, 0.717) is 25.1 Å². The molecule has 0 heterocycles. The minimum Gasteiger partial charge on any atom is -0.391 e. The van der Waals surface area contributed by atoms with E-state index >= 15 is 0 Å². The summed E-state index contributed by atoms with van der Waals surface area (Å²) in [5, 5.41) is 22.1. The average molecular weight is 247 g/mol. The SMILES string of the molecule is CC(C)(CN)NC[C@@H](O)Cc1ccccc1C#N. The van der Waals surface area contributed by atoms with Crippen molar-refractivity contribution >= 4 is 0 Å². The van der Waals surface area contributed by atoms with Gasteiger partial charge in [-0.1, -0.05) is 18.2 Å². The largest absolute Gasteiger partial charge is 0.391 e.